The molecule has 0 spiro atoms. The number of ether oxygens (including phenoxy) is 1. The van der Waals surface area contributed by atoms with Crippen molar-refractivity contribution in [2.24, 2.45) is 13.0 Å². The van der Waals surface area contributed by atoms with Gasteiger partial charge < -0.3 is 9.64 Å². The first-order valence-corrected chi connectivity index (χ1v) is 8.27. The molecule has 1 unspecified atom stereocenters. The minimum atomic E-state index is -0.287. The van der Waals surface area contributed by atoms with E-state index in [0.29, 0.717) is 36.2 Å². The number of carbonyl (C=O) groups is 1. The van der Waals surface area contributed by atoms with Crippen LogP contribution in [-0.2, 0) is 7.05 Å². The van der Waals surface area contributed by atoms with Gasteiger partial charge in [0.15, 0.2) is 0 Å². The summed E-state index contributed by atoms with van der Waals surface area (Å²) in [7, 11) is 1.71. The fraction of sp³-hybridized carbons (Fsp3) is 0.412. The highest BCUT2D eigenvalue weighted by Crippen LogP contribution is 2.23. The van der Waals surface area contributed by atoms with Crippen LogP contribution in [0, 0.1) is 11.7 Å². The van der Waals surface area contributed by atoms with Gasteiger partial charge in [0.05, 0.1) is 17.8 Å². The normalized spacial score (nSPS) is 17.8. The van der Waals surface area contributed by atoms with Crippen LogP contribution < -0.4 is 4.74 Å². The van der Waals surface area contributed by atoms with E-state index < -0.39 is 0 Å². The Morgan fingerprint density at radius 3 is 2.83 bits per heavy atom. The molecule has 1 aromatic carbocycles. The number of rotatable bonds is 4. The van der Waals surface area contributed by atoms with Gasteiger partial charge in [-0.15, -0.1) is 0 Å². The fourth-order valence-electron chi connectivity index (χ4n) is 2.93. The number of aromatic nitrogens is 2. The average molecular weight is 352 g/mol. The molecule has 128 valence electrons. The van der Waals surface area contributed by atoms with Crippen LogP contribution in [0.2, 0.25) is 5.02 Å². The molecule has 0 N–H and O–H groups in total. The highest BCUT2D eigenvalue weighted by atomic mass is 35.5. The fourth-order valence-corrected chi connectivity index (χ4v) is 3.18. The van der Waals surface area contributed by atoms with Crippen molar-refractivity contribution in [2.45, 2.75) is 12.8 Å². The SMILES string of the molecule is Cn1ncc(Cl)c1C(=O)N1CCCC(COc2ccc(F)cc2)C1. The van der Waals surface area contributed by atoms with Crippen molar-refractivity contribution in [1.29, 1.82) is 0 Å². The molecule has 0 bridgehead atoms. The van der Waals surface area contributed by atoms with Crippen molar-refractivity contribution in [3.63, 3.8) is 0 Å². The van der Waals surface area contributed by atoms with Gasteiger partial charge in [0.25, 0.3) is 5.91 Å². The summed E-state index contributed by atoms with van der Waals surface area (Å²) in [5, 5.41) is 4.38. The predicted molar refractivity (Wildman–Crippen MR) is 88.7 cm³/mol. The summed E-state index contributed by atoms with van der Waals surface area (Å²) in [4.78, 5) is 14.5. The van der Waals surface area contributed by atoms with E-state index in [9.17, 15) is 9.18 Å². The molecule has 1 aliphatic rings. The van der Waals surface area contributed by atoms with Gasteiger partial charge in [-0.25, -0.2) is 4.39 Å². The lowest BCUT2D eigenvalue weighted by Crippen LogP contribution is -2.42. The van der Waals surface area contributed by atoms with Gasteiger partial charge in [-0.1, -0.05) is 11.6 Å². The number of carbonyl (C=O) groups excluding carboxylic acids is 1. The molecular weight excluding hydrogens is 333 g/mol. The van der Waals surface area contributed by atoms with Gasteiger partial charge >= 0.3 is 0 Å². The molecule has 1 aromatic heterocycles. The van der Waals surface area contributed by atoms with Crippen molar-refractivity contribution in [1.82, 2.24) is 14.7 Å². The van der Waals surface area contributed by atoms with Crippen LogP contribution in [-0.4, -0.2) is 40.3 Å². The van der Waals surface area contributed by atoms with E-state index in [1.807, 2.05) is 0 Å². The minimum Gasteiger partial charge on any atom is -0.493 e. The molecule has 3 rings (SSSR count). The van der Waals surface area contributed by atoms with Gasteiger partial charge in [0, 0.05) is 26.1 Å². The molecule has 1 atom stereocenters. The number of aryl methyl sites for hydroxylation is 1. The monoisotopic (exact) mass is 351 g/mol. The van der Waals surface area contributed by atoms with Crippen LogP contribution in [0.15, 0.2) is 30.5 Å². The first kappa shape index (κ1) is 16.8. The third kappa shape index (κ3) is 3.70. The second-order valence-corrected chi connectivity index (χ2v) is 6.40. The Morgan fingerprint density at radius 1 is 1.42 bits per heavy atom. The van der Waals surface area contributed by atoms with Crippen molar-refractivity contribution in [2.75, 3.05) is 19.7 Å². The van der Waals surface area contributed by atoms with Crippen LogP contribution >= 0.6 is 11.6 Å². The molecule has 2 heterocycles. The summed E-state index contributed by atoms with van der Waals surface area (Å²) in [6.07, 6.45) is 3.39. The van der Waals surface area contributed by atoms with E-state index in [1.165, 1.54) is 23.0 Å². The van der Waals surface area contributed by atoms with E-state index in [-0.39, 0.29) is 17.6 Å². The van der Waals surface area contributed by atoms with Crippen molar-refractivity contribution >= 4 is 17.5 Å². The molecule has 1 saturated heterocycles. The molecule has 5 nitrogen and oxygen atoms in total. The second-order valence-electron chi connectivity index (χ2n) is 5.99. The van der Waals surface area contributed by atoms with Crippen LogP contribution in [0.25, 0.3) is 0 Å². The lowest BCUT2D eigenvalue weighted by Gasteiger charge is -2.32. The van der Waals surface area contributed by atoms with E-state index in [0.717, 1.165) is 12.8 Å². The average Bonchev–Trinajstić information content (AvgIpc) is 2.93. The maximum atomic E-state index is 12.9. The van der Waals surface area contributed by atoms with Crippen LogP contribution in [0.4, 0.5) is 4.39 Å². The summed E-state index contributed by atoms with van der Waals surface area (Å²) < 4.78 is 20.1. The quantitative estimate of drug-likeness (QED) is 0.850. The number of amides is 1. The first-order valence-electron chi connectivity index (χ1n) is 7.89. The zero-order valence-electron chi connectivity index (χ0n) is 13.4. The molecule has 1 fully saturated rings. The number of halogens is 2. The molecule has 0 aliphatic carbocycles. The molecule has 24 heavy (non-hydrogen) atoms. The molecule has 0 radical (unpaired) electrons. The predicted octanol–water partition coefficient (Wildman–Crippen LogP) is 3.14. The van der Waals surface area contributed by atoms with Crippen molar-refractivity contribution < 1.29 is 13.9 Å². The number of piperidine rings is 1. The molecule has 1 aliphatic heterocycles. The number of hydrogen-bond donors (Lipinski definition) is 0. The number of likely N-dealkylation sites (tertiary alicyclic amines) is 1. The molecular formula is C17H19ClFN3O2. The van der Waals surface area contributed by atoms with Crippen molar-refractivity contribution in [3.05, 3.63) is 47.0 Å². The van der Waals surface area contributed by atoms with E-state index in [2.05, 4.69) is 5.10 Å². The van der Waals surface area contributed by atoms with E-state index in [1.54, 1.807) is 24.1 Å². The van der Waals surface area contributed by atoms with E-state index in [4.69, 9.17) is 16.3 Å². The standard InChI is InChI=1S/C17H19ClFN3O2/c1-21-16(15(18)9-20-21)17(23)22-8-2-3-12(10-22)11-24-14-6-4-13(19)5-7-14/h4-7,9,12H,2-3,8,10-11H2,1H3. The number of benzene rings is 1. The maximum Gasteiger partial charge on any atom is 0.273 e. The minimum absolute atomic E-state index is 0.105. The zero-order valence-corrected chi connectivity index (χ0v) is 14.2. The zero-order chi connectivity index (χ0) is 17.1. The maximum absolute atomic E-state index is 12.9. The van der Waals surface area contributed by atoms with Crippen LogP contribution in [0.3, 0.4) is 0 Å². The Labute approximate surface area is 145 Å². The summed E-state index contributed by atoms with van der Waals surface area (Å²) in [5.41, 5.74) is 0.414. The van der Waals surface area contributed by atoms with E-state index >= 15 is 0 Å². The highest BCUT2D eigenvalue weighted by molar-refractivity contribution is 6.33. The Kier molecular flexibility index (Phi) is 5.04. The molecule has 1 amide bonds. The van der Waals surface area contributed by atoms with Gasteiger partial charge in [0.2, 0.25) is 0 Å². The Balaban J connectivity index is 1.60. The number of nitrogens with zero attached hydrogens (tertiary/aromatic N) is 3. The van der Waals surface area contributed by atoms with Crippen LogP contribution in [0.5, 0.6) is 5.75 Å². The van der Waals surface area contributed by atoms with Crippen molar-refractivity contribution in [3.8, 4) is 5.75 Å². The van der Waals surface area contributed by atoms with Crippen LogP contribution in [0.1, 0.15) is 23.3 Å². The number of hydrogen-bond acceptors (Lipinski definition) is 3. The van der Waals surface area contributed by atoms with Gasteiger partial charge in [-0.2, -0.15) is 5.10 Å². The summed E-state index contributed by atoms with van der Waals surface area (Å²) >= 11 is 6.06. The lowest BCUT2D eigenvalue weighted by molar-refractivity contribution is 0.0622. The third-order valence-corrected chi connectivity index (χ3v) is 4.48. The molecule has 7 heteroatoms. The summed E-state index contributed by atoms with van der Waals surface area (Å²) in [6.45, 7) is 1.81. The second kappa shape index (κ2) is 7.21. The highest BCUT2D eigenvalue weighted by Gasteiger charge is 2.28. The Hall–Kier alpha value is -2.08. The van der Waals surface area contributed by atoms with Gasteiger partial charge in [-0.05, 0) is 37.1 Å². The smallest absolute Gasteiger partial charge is 0.273 e. The largest absolute Gasteiger partial charge is 0.493 e. The molecule has 0 saturated carbocycles. The molecule has 2 aromatic rings. The Morgan fingerprint density at radius 2 is 2.17 bits per heavy atom. The third-order valence-electron chi connectivity index (χ3n) is 4.20. The van der Waals surface area contributed by atoms with Gasteiger partial charge in [0.1, 0.15) is 17.3 Å². The summed E-state index contributed by atoms with van der Waals surface area (Å²) in [5.74, 6) is 0.477. The first-order chi connectivity index (χ1) is 11.5. The summed E-state index contributed by atoms with van der Waals surface area (Å²) in [6, 6.07) is 5.96. The lowest BCUT2D eigenvalue weighted by atomic mass is 9.98. The van der Waals surface area contributed by atoms with Gasteiger partial charge in [-0.3, -0.25) is 9.48 Å². The topological polar surface area (TPSA) is 47.4 Å². The Bertz CT molecular complexity index is 698.